The molecule has 80 valence electrons. The van der Waals surface area contributed by atoms with E-state index >= 15 is 0 Å². The van der Waals surface area contributed by atoms with Gasteiger partial charge in [0.05, 0.1) is 7.11 Å². The molecule has 3 nitrogen and oxygen atoms in total. The van der Waals surface area contributed by atoms with E-state index in [-0.39, 0.29) is 0 Å². The van der Waals surface area contributed by atoms with E-state index in [0.29, 0.717) is 24.0 Å². The second-order valence-electron chi connectivity index (χ2n) is 3.91. The first-order chi connectivity index (χ1) is 7.31. The van der Waals surface area contributed by atoms with Gasteiger partial charge in [0.1, 0.15) is 5.78 Å². The molecule has 1 aromatic heterocycles. The molecule has 0 aromatic carbocycles. The lowest BCUT2D eigenvalue weighted by Gasteiger charge is -2.05. The third kappa shape index (κ3) is 2.55. The summed E-state index contributed by atoms with van der Waals surface area (Å²) in [6, 6.07) is 3.84. The van der Waals surface area contributed by atoms with Gasteiger partial charge >= 0.3 is 0 Å². The fourth-order valence-electron chi connectivity index (χ4n) is 1.67. The first-order valence-electron chi connectivity index (χ1n) is 5.32. The number of nitrogens with zero attached hydrogens (tertiary/aromatic N) is 1. The van der Waals surface area contributed by atoms with Crippen LogP contribution in [0.25, 0.3) is 0 Å². The molecule has 0 radical (unpaired) electrons. The zero-order valence-corrected chi connectivity index (χ0v) is 8.90. The van der Waals surface area contributed by atoms with Gasteiger partial charge in [-0.1, -0.05) is 6.07 Å². The van der Waals surface area contributed by atoms with Gasteiger partial charge in [0.15, 0.2) is 0 Å². The van der Waals surface area contributed by atoms with Gasteiger partial charge in [0.2, 0.25) is 5.88 Å². The summed E-state index contributed by atoms with van der Waals surface area (Å²) in [7, 11) is 1.61. The van der Waals surface area contributed by atoms with Crippen LogP contribution >= 0.6 is 0 Å². The van der Waals surface area contributed by atoms with E-state index < -0.39 is 0 Å². The molecule has 0 saturated heterocycles. The summed E-state index contributed by atoms with van der Waals surface area (Å²) >= 11 is 0. The number of aromatic nitrogens is 1. The molecule has 3 heteroatoms. The predicted molar refractivity (Wildman–Crippen MR) is 56.8 cm³/mol. The molecule has 2 rings (SSSR count). The molecule has 1 heterocycles. The van der Waals surface area contributed by atoms with Crippen molar-refractivity contribution < 1.29 is 9.53 Å². The maximum Gasteiger partial charge on any atom is 0.216 e. The van der Waals surface area contributed by atoms with Gasteiger partial charge in [-0.05, 0) is 25.3 Å². The van der Waals surface area contributed by atoms with Crippen molar-refractivity contribution in [3.05, 3.63) is 23.9 Å². The summed E-state index contributed by atoms with van der Waals surface area (Å²) in [5.74, 6) is 1.38. The standard InChI is InChI=1S/C12H15NO2/c1-15-12-10(3-2-8-13-12)6-7-11(14)9-4-5-9/h2-3,8-9H,4-7H2,1H3. The van der Waals surface area contributed by atoms with Gasteiger partial charge in [0.25, 0.3) is 0 Å². The molecule has 0 spiro atoms. The number of ketones is 1. The Hall–Kier alpha value is -1.38. The van der Waals surface area contributed by atoms with Gasteiger partial charge in [-0.15, -0.1) is 0 Å². The average Bonchev–Trinajstić information content (AvgIpc) is 3.10. The third-order valence-corrected chi connectivity index (χ3v) is 2.72. The Morgan fingerprint density at radius 3 is 3.07 bits per heavy atom. The number of hydrogen-bond acceptors (Lipinski definition) is 3. The van der Waals surface area contributed by atoms with Crippen LogP contribution in [0.3, 0.4) is 0 Å². The lowest BCUT2D eigenvalue weighted by atomic mass is 10.1. The van der Waals surface area contributed by atoms with Crippen LogP contribution in [0.2, 0.25) is 0 Å². The zero-order valence-electron chi connectivity index (χ0n) is 8.90. The molecule has 0 aliphatic heterocycles. The van der Waals surface area contributed by atoms with Crippen molar-refractivity contribution >= 4 is 5.78 Å². The molecule has 0 bridgehead atoms. The van der Waals surface area contributed by atoms with Crippen LogP contribution in [-0.4, -0.2) is 17.9 Å². The number of methoxy groups -OCH3 is 1. The van der Waals surface area contributed by atoms with E-state index in [1.807, 2.05) is 12.1 Å². The lowest BCUT2D eigenvalue weighted by Crippen LogP contribution is -2.03. The van der Waals surface area contributed by atoms with Crippen molar-refractivity contribution in [2.75, 3.05) is 7.11 Å². The van der Waals surface area contributed by atoms with Crippen LogP contribution in [0.1, 0.15) is 24.8 Å². The molecule has 0 amide bonds. The summed E-state index contributed by atoms with van der Waals surface area (Å²) < 4.78 is 5.13. The van der Waals surface area contributed by atoms with E-state index in [4.69, 9.17) is 4.74 Å². The Morgan fingerprint density at radius 2 is 2.40 bits per heavy atom. The number of aryl methyl sites for hydroxylation is 1. The topological polar surface area (TPSA) is 39.2 Å². The predicted octanol–water partition coefficient (Wildman–Crippen LogP) is 2.00. The number of Topliss-reactive ketones (excluding diaryl/α,β-unsaturated/α-hetero) is 1. The quantitative estimate of drug-likeness (QED) is 0.738. The van der Waals surface area contributed by atoms with Crippen LogP contribution in [0.4, 0.5) is 0 Å². The van der Waals surface area contributed by atoms with Crippen molar-refractivity contribution in [1.29, 1.82) is 0 Å². The monoisotopic (exact) mass is 205 g/mol. The molecule has 1 aliphatic rings. The SMILES string of the molecule is COc1ncccc1CCC(=O)C1CC1. The van der Waals surface area contributed by atoms with E-state index in [9.17, 15) is 4.79 Å². The van der Waals surface area contributed by atoms with Gasteiger partial charge in [0, 0.05) is 24.1 Å². The molecule has 1 fully saturated rings. The Morgan fingerprint density at radius 1 is 1.60 bits per heavy atom. The third-order valence-electron chi connectivity index (χ3n) is 2.72. The number of ether oxygens (including phenoxy) is 1. The normalized spacial score (nSPS) is 15.0. The Balaban J connectivity index is 1.94. The van der Waals surface area contributed by atoms with Gasteiger partial charge in [-0.25, -0.2) is 4.98 Å². The molecule has 0 atom stereocenters. The van der Waals surface area contributed by atoms with E-state index in [1.54, 1.807) is 13.3 Å². The first-order valence-corrected chi connectivity index (χ1v) is 5.32. The number of rotatable bonds is 5. The smallest absolute Gasteiger partial charge is 0.216 e. The fraction of sp³-hybridized carbons (Fsp3) is 0.500. The minimum Gasteiger partial charge on any atom is -0.481 e. The average molecular weight is 205 g/mol. The van der Waals surface area contributed by atoms with Crippen LogP contribution in [-0.2, 0) is 11.2 Å². The van der Waals surface area contributed by atoms with Crippen molar-refractivity contribution in [3.63, 3.8) is 0 Å². The molecular formula is C12H15NO2. The number of carbonyl (C=O) groups is 1. The van der Waals surface area contributed by atoms with Crippen molar-refractivity contribution in [3.8, 4) is 5.88 Å². The first kappa shape index (κ1) is 10.1. The van der Waals surface area contributed by atoms with E-state index in [0.717, 1.165) is 24.8 Å². The van der Waals surface area contributed by atoms with Gasteiger partial charge in [-0.3, -0.25) is 4.79 Å². The van der Waals surface area contributed by atoms with Crippen molar-refractivity contribution in [2.45, 2.75) is 25.7 Å². The fourth-order valence-corrected chi connectivity index (χ4v) is 1.67. The van der Waals surface area contributed by atoms with E-state index in [2.05, 4.69) is 4.98 Å². The number of carbonyl (C=O) groups excluding carboxylic acids is 1. The van der Waals surface area contributed by atoms with Crippen molar-refractivity contribution in [2.24, 2.45) is 5.92 Å². The summed E-state index contributed by atoms with van der Waals surface area (Å²) in [5, 5.41) is 0. The molecular weight excluding hydrogens is 190 g/mol. The Bertz CT molecular complexity index is 358. The minimum atomic E-state index is 0.354. The highest BCUT2D eigenvalue weighted by atomic mass is 16.5. The highest BCUT2D eigenvalue weighted by molar-refractivity contribution is 5.83. The van der Waals surface area contributed by atoms with E-state index in [1.165, 1.54) is 0 Å². The molecule has 15 heavy (non-hydrogen) atoms. The summed E-state index contributed by atoms with van der Waals surface area (Å²) in [6.07, 6.45) is 5.23. The molecule has 0 N–H and O–H groups in total. The lowest BCUT2D eigenvalue weighted by molar-refractivity contribution is -0.120. The minimum absolute atomic E-state index is 0.354. The van der Waals surface area contributed by atoms with Crippen LogP contribution in [0, 0.1) is 5.92 Å². The summed E-state index contributed by atoms with van der Waals surface area (Å²) in [5.41, 5.74) is 1.02. The molecule has 1 aromatic rings. The largest absolute Gasteiger partial charge is 0.481 e. The van der Waals surface area contributed by atoms with Gasteiger partial charge in [-0.2, -0.15) is 0 Å². The molecule has 1 aliphatic carbocycles. The van der Waals surface area contributed by atoms with Crippen LogP contribution in [0.15, 0.2) is 18.3 Å². The van der Waals surface area contributed by atoms with Crippen molar-refractivity contribution in [1.82, 2.24) is 4.98 Å². The number of pyridine rings is 1. The highest BCUT2D eigenvalue weighted by Crippen LogP contribution is 2.31. The second kappa shape index (κ2) is 4.43. The maximum absolute atomic E-state index is 11.5. The Kier molecular flexibility index (Phi) is 2.99. The van der Waals surface area contributed by atoms with Crippen LogP contribution in [0.5, 0.6) is 5.88 Å². The second-order valence-corrected chi connectivity index (χ2v) is 3.91. The highest BCUT2D eigenvalue weighted by Gasteiger charge is 2.28. The summed E-state index contributed by atoms with van der Waals surface area (Å²) in [6.45, 7) is 0. The Labute approximate surface area is 89.5 Å². The summed E-state index contributed by atoms with van der Waals surface area (Å²) in [4.78, 5) is 15.6. The zero-order chi connectivity index (χ0) is 10.7. The van der Waals surface area contributed by atoms with Gasteiger partial charge < -0.3 is 4.74 Å². The molecule has 0 unspecified atom stereocenters. The maximum atomic E-state index is 11.5. The number of hydrogen-bond donors (Lipinski definition) is 0. The molecule has 1 saturated carbocycles. The van der Waals surface area contributed by atoms with Crippen LogP contribution < -0.4 is 4.74 Å².